The fourth-order valence-electron chi connectivity index (χ4n) is 1.77. The molecule has 1 aromatic heterocycles. The number of amides is 1. The smallest absolute Gasteiger partial charge is 0.246 e. The van der Waals surface area contributed by atoms with Gasteiger partial charge in [-0.15, -0.1) is 5.10 Å². The van der Waals surface area contributed by atoms with Gasteiger partial charge >= 0.3 is 0 Å². The average molecular weight is 308 g/mol. The lowest BCUT2D eigenvalue weighted by atomic mass is 10.2. The van der Waals surface area contributed by atoms with Crippen molar-refractivity contribution in [1.82, 2.24) is 20.3 Å². The van der Waals surface area contributed by atoms with Crippen LogP contribution in [0.25, 0.3) is 0 Å². The molecule has 112 valence electrons. The fraction of sp³-hybridized carbons (Fsp3) is 0.357. The van der Waals surface area contributed by atoms with Crippen LogP contribution in [0.3, 0.4) is 0 Å². The molecule has 2 aromatic rings. The van der Waals surface area contributed by atoms with Crippen LogP contribution in [0.4, 0.5) is 5.69 Å². The molecule has 0 aliphatic heterocycles. The summed E-state index contributed by atoms with van der Waals surface area (Å²) in [6.45, 7) is 5.55. The van der Waals surface area contributed by atoms with Gasteiger partial charge < -0.3 is 10.6 Å². The highest BCUT2D eigenvalue weighted by Crippen LogP contribution is 2.19. The summed E-state index contributed by atoms with van der Waals surface area (Å²) in [6, 6.07) is 5.41. The number of carbonyl (C=O) groups is 1. The van der Waals surface area contributed by atoms with Crippen LogP contribution < -0.4 is 10.6 Å². The van der Waals surface area contributed by atoms with Crippen LogP contribution in [0.1, 0.15) is 18.2 Å². The lowest BCUT2D eigenvalue weighted by Gasteiger charge is -2.06. The molecule has 0 unspecified atom stereocenters. The lowest BCUT2D eigenvalue weighted by molar-refractivity contribution is -0.116. The molecule has 2 N–H and O–H groups in total. The number of aromatic nitrogens is 3. The molecule has 1 aromatic carbocycles. The number of aryl methyl sites for hydroxylation is 1. The van der Waals surface area contributed by atoms with Crippen molar-refractivity contribution >= 4 is 23.2 Å². The molecule has 0 spiro atoms. The fourth-order valence-corrected chi connectivity index (χ4v) is 1.95. The van der Waals surface area contributed by atoms with Crippen molar-refractivity contribution in [2.75, 3.05) is 11.9 Å². The number of benzene rings is 1. The third kappa shape index (κ3) is 4.54. The first kappa shape index (κ1) is 15.5. The molecule has 21 heavy (non-hydrogen) atoms. The number of anilines is 1. The number of hydrogen-bond donors (Lipinski definition) is 2. The maximum absolute atomic E-state index is 11.9. The second-order valence-electron chi connectivity index (χ2n) is 4.70. The number of nitrogens with one attached hydrogen (secondary N) is 2. The van der Waals surface area contributed by atoms with Crippen LogP contribution in [0.15, 0.2) is 24.4 Å². The predicted molar refractivity (Wildman–Crippen MR) is 82.2 cm³/mol. The molecular weight excluding hydrogens is 290 g/mol. The Morgan fingerprint density at radius 3 is 2.95 bits per heavy atom. The largest absolute Gasteiger partial charge is 0.324 e. The zero-order valence-electron chi connectivity index (χ0n) is 12.1. The predicted octanol–water partition coefficient (Wildman–Crippen LogP) is 1.99. The van der Waals surface area contributed by atoms with Gasteiger partial charge in [0.1, 0.15) is 6.54 Å². The number of nitrogens with zero attached hydrogens (tertiary/aromatic N) is 3. The third-order valence-electron chi connectivity index (χ3n) is 2.90. The Balaban J connectivity index is 1.91. The Kier molecular flexibility index (Phi) is 5.30. The third-order valence-corrected chi connectivity index (χ3v) is 3.31. The maximum Gasteiger partial charge on any atom is 0.246 e. The van der Waals surface area contributed by atoms with Gasteiger partial charge in [-0.2, -0.15) is 0 Å². The van der Waals surface area contributed by atoms with E-state index in [-0.39, 0.29) is 12.5 Å². The second kappa shape index (κ2) is 7.19. The van der Waals surface area contributed by atoms with E-state index in [1.807, 2.05) is 26.0 Å². The summed E-state index contributed by atoms with van der Waals surface area (Å²) >= 11 is 6.02. The molecule has 0 fully saturated rings. The molecule has 0 aliphatic carbocycles. The first-order chi connectivity index (χ1) is 10.1. The number of hydrogen-bond acceptors (Lipinski definition) is 4. The Hall–Kier alpha value is -1.92. The van der Waals surface area contributed by atoms with E-state index in [9.17, 15) is 4.79 Å². The van der Waals surface area contributed by atoms with Crippen molar-refractivity contribution in [2.24, 2.45) is 0 Å². The molecule has 0 bridgehead atoms. The van der Waals surface area contributed by atoms with Gasteiger partial charge in [0.2, 0.25) is 5.91 Å². The van der Waals surface area contributed by atoms with Crippen LogP contribution in [0.5, 0.6) is 0 Å². The van der Waals surface area contributed by atoms with E-state index in [4.69, 9.17) is 11.6 Å². The van der Waals surface area contributed by atoms with E-state index in [0.717, 1.165) is 17.8 Å². The standard InChI is InChI=1S/C14H18ClN5O/c1-3-16-7-12-8-20(19-18-12)9-14(21)17-11-5-4-10(2)13(15)6-11/h4-6,8,16H,3,7,9H2,1-2H3,(H,17,21). The Morgan fingerprint density at radius 2 is 2.24 bits per heavy atom. The van der Waals surface area contributed by atoms with Gasteiger partial charge in [0, 0.05) is 17.3 Å². The summed E-state index contributed by atoms with van der Waals surface area (Å²) < 4.78 is 1.51. The number of carbonyl (C=O) groups excluding carboxylic acids is 1. The Bertz CT molecular complexity index is 626. The Morgan fingerprint density at radius 1 is 1.43 bits per heavy atom. The molecular formula is C14H18ClN5O. The summed E-state index contributed by atoms with van der Waals surface area (Å²) in [5, 5.41) is 14.5. The molecule has 0 atom stereocenters. The first-order valence-electron chi connectivity index (χ1n) is 6.74. The van der Waals surface area contributed by atoms with Crippen molar-refractivity contribution in [3.63, 3.8) is 0 Å². The van der Waals surface area contributed by atoms with Crippen LogP contribution in [0, 0.1) is 6.92 Å². The summed E-state index contributed by atoms with van der Waals surface area (Å²) in [6.07, 6.45) is 1.75. The van der Waals surface area contributed by atoms with E-state index in [1.54, 1.807) is 12.3 Å². The molecule has 0 radical (unpaired) electrons. The van der Waals surface area contributed by atoms with E-state index >= 15 is 0 Å². The molecule has 1 amide bonds. The summed E-state index contributed by atoms with van der Waals surface area (Å²) in [7, 11) is 0. The van der Waals surface area contributed by atoms with Crippen molar-refractivity contribution in [3.8, 4) is 0 Å². The van der Waals surface area contributed by atoms with Gasteiger partial charge in [0.05, 0.1) is 11.9 Å². The van der Waals surface area contributed by atoms with E-state index in [1.165, 1.54) is 4.68 Å². The van der Waals surface area contributed by atoms with E-state index in [0.29, 0.717) is 17.3 Å². The van der Waals surface area contributed by atoms with Crippen LogP contribution in [-0.2, 0) is 17.9 Å². The number of rotatable bonds is 6. The maximum atomic E-state index is 11.9. The summed E-state index contributed by atoms with van der Waals surface area (Å²) in [5.74, 6) is -0.171. The summed E-state index contributed by atoms with van der Waals surface area (Å²) in [4.78, 5) is 11.9. The van der Waals surface area contributed by atoms with Gasteiger partial charge in [-0.3, -0.25) is 4.79 Å². The highest BCUT2D eigenvalue weighted by Gasteiger charge is 2.07. The molecule has 7 heteroatoms. The van der Waals surface area contributed by atoms with Gasteiger partial charge in [0.15, 0.2) is 0 Å². The summed E-state index contributed by atoms with van der Waals surface area (Å²) in [5.41, 5.74) is 2.45. The van der Waals surface area contributed by atoms with Gasteiger partial charge in [-0.1, -0.05) is 29.8 Å². The molecule has 0 saturated heterocycles. The average Bonchev–Trinajstić information content (AvgIpc) is 2.88. The minimum absolute atomic E-state index is 0.116. The minimum atomic E-state index is -0.171. The molecule has 0 saturated carbocycles. The minimum Gasteiger partial charge on any atom is -0.324 e. The highest BCUT2D eigenvalue weighted by atomic mass is 35.5. The van der Waals surface area contributed by atoms with Crippen molar-refractivity contribution in [2.45, 2.75) is 26.9 Å². The highest BCUT2D eigenvalue weighted by molar-refractivity contribution is 6.31. The van der Waals surface area contributed by atoms with Crippen LogP contribution in [0.2, 0.25) is 5.02 Å². The van der Waals surface area contributed by atoms with E-state index in [2.05, 4.69) is 20.9 Å². The van der Waals surface area contributed by atoms with Gasteiger partial charge in [-0.05, 0) is 31.2 Å². The topological polar surface area (TPSA) is 71.8 Å². The van der Waals surface area contributed by atoms with Crippen molar-refractivity contribution in [1.29, 1.82) is 0 Å². The lowest BCUT2D eigenvalue weighted by Crippen LogP contribution is -2.19. The quantitative estimate of drug-likeness (QED) is 0.856. The zero-order chi connectivity index (χ0) is 15.2. The Labute approximate surface area is 128 Å². The van der Waals surface area contributed by atoms with Crippen molar-refractivity contribution < 1.29 is 4.79 Å². The number of halogens is 1. The zero-order valence-corrected chi connectivity index (χ0v) is 12.8. The molecule has 6 nitrogen and oxygen atoms in total. The molecule has 0 aliphatic rings. The molecule has 1 heterocycles. The van der Waals surface area contributed by atoms with Crippen LogP contribution >= 0.6 is 11.6 Å². The monoisotopic (exact) mass is 307 g/mol. The van der Waals surface area contributed by atoms with Crippen molar-refractivity contribution in [3.05, 3.63) is 40.7 Å². The normalized spacial score (nSPS) is 10.6. The van der Waals surface area contributed by atoms with Gasteiger partial charge in [0.25, 0.3) is 0 Å². The molecule has 2 rings (SSSR count). The van der Waals surface area contributed by atoms with E-state index < -0.39 is 0 Å². The second-order valence-corrected chi connectivity index (χ2v) is 5.11. The van der Waals surface area contributed by atoms with Gasteiger partial charge in [-0.25, -0.2) is 4.68 Å². The van der Waals surface area contributed by atoms with Crippen LogP contribution in [-0.4, -0.2) is 27.4 Å². The SMILES string of the molecule is CCNCc1cn(CC(=O)Nc2ccc(C)c(Cl)c2)nn1. The first-order valence-corrected chi connectivity index (χ1v) is 7.12.